The molecule has 0 aliphatic carbocycles. The lowest BCUT2D eigenvalue weighted by Crippen LogP contribution is -2.53. The van der Waals surface area contributed by atoms with Crippen LogP contribution < -0.4 is 10.5 Å². The summed E-state index contributed by atoms with van der Waals surface area (Å²) in [5, 5.41) is 4.52. The van der Waals surface area contributed by atoms with Crippen LogP contribution in [0.2, 0.25) is 13.1 Å². The van der Waals surface area contributed by atoms with Gasteiger partial charge in [0.25, 0.3) is 0 Å². The third-order valence-electron chi connectivity index (χ3n) is 3.97. The van der Waals surface area contributed by atoms with Crippen LogP contribution in [0.15, 0.2) is 30.3 Å². The fraction of sp³-hybridized carbons (Fsp3) is 0.533. The van der Waals surface area contributed by atoms with Crippen molar-refractivity contribution in [2.24, 2.45) is 5.92 Å². The topological polar surface area (TPSA) is 38.3 Å². The highest BCUT2D eigenvalue weighted by atomic mass is 28.3. The van der Waals surface area contributed by atoms with E-state index in [1.807, 2.05) is 13.0 Å². The fourth-order valence-corrected chi connectivity index (χ4v) is 4.42. The monoisotopic (exact) mass is 277 g/mol. The first-order valence-electron chi connectivity index (χ1n) is 6.95. The number of hydrogen-bond donors (Lipinski definition) is 1. The quantitative estimate of drug-likeness (QED) is 0.851. The second-order valence-electron chi connectivity index (χ2n) is 5.94. The van der Waals surface area contributed by atoms with Crippen molar-refractivity contribution in [1.29, 1.82) is 0 Å². The third-order valence-corrected chi connectivity index (χ3v) is 6.93. The molecule has 4 heteroatoms. The van der Waals surface area contributed by atoms with Gasteiger partial charge in [0, 0.05) is 12.8 Å². The normalized spacial score (nSPS) is 23.3. The van der Waals surface area contributed by atoms with E-state index in [0.717, 1.165) is 12.6 Å². The number of nitrogens with one attached hydrogen (secondary N) is 1. The van der Waals surface area contributed by atoms with Gasteiger partial charge in [0.2, 0.25) is 5.91 Å². The number of carbonyl (C=O) groups excluding carboxylic acids is 1. The summed E-state index contributed by atoms with van der Waals surface area (Å²) in [4.78, 5) is 12.2. The summed E-state index contributed by atoms with van der Waals surface area (Å²) in [7, 11) is -1.59. The van der Waals surface area contributed by atoms with Crippen molar-refractivity contribution >= 4 is 19.2 Å². The van der Waals surface area contributed by atoms with E-state index in [1.54, 1.807) is 0 Å². The summed E-state index contributed by atoms with van der Waals surface area (Å²) in [6, 6.07) is 10.5. The summed E-state index contributed by atoms with van der Waals surface area (Å²) in [6.45, 7) is 7.27. The molecule has 0 unspecified atom stereocenters. The summed E-state index contributed by atoms with van der Waals surface area (Å²) in [5.41, 5.74) is 0. The highest BCUT2D eigenvalue weighted by molar-refractivity contribution is 6.90. The van der Waals surface area contributed by atoms with E-state index in [-0.39, 0.29) is 17.9 Å². The molecule has 2 atom stereocenters. The number of rotatable bonds is 4. The lowest BCUT2D eigenvalue weighted by atomic mass is 10.0. The molecule has 1 aliphatic rings. The molecule has 1 heterocycles. The van der Waals surface area contributed by atoms with Gasteiger partial charge in [-0.25, -0.2) is 0 Å². The maximum absolute atomic E-state index is 12.2. The summed E-state index contributed by atoms with van der Waals surface area (Å²) in [6.07, 6.45) is 1.70. The van der Waals surface area contributed by atoms with Gasteiger partial charge in [-0.15, -0.1) is 0 Å². The average Bonchev–Trinajstić information content (AvgIpc) is 2.83. The molecule has 19 heavy (non-hydrogen) atoms. The highest BCUT2D eigenvalue weighted by Gasteiger charge is 2.32. The molecular formula is C15H23NO2Si. The van der Waals surface area contributed by atoms with E-state index in [2.05, 4.69) is 42.7 Å². The predicted octanol–water partition coefficient (Wildman–Crippen LogP) is 1.68. The molecule has 0 saturated carbocycles. The Morgan fingerprint density at radius 3 is 2.63 bits per heavy atom. The number of amides is 1. The molecule has 1 saturated heterocycles. The van der Waals surface area contributed by atoms with Crippen molar-refractivity contribution in [3.05, 3.63) is 30.3 Å². The first-order chi connectivity index (χ1) is 9.00. The van der Waals surface area contributed by atoms with Crippen molar-refractivity contribution < 1.29 is 9.53 Å². The van der Waals surface area contributed by atoms with Gasteiger partial charge in [-0.2, -0.15) is 0 Å². The van der Waals surface area contributed by atoms with Crippen LogP contribution in [0.25, 0.3) is 0 Å². The van der Waals surface area contributed by atoms with E-state index in [4.69, 9.17) is 4.74 Å². The van der Waals surface area contributed by atoms with Crippen molar-refractivity contribution in [3.63, 3.8) is 0 Å². The van der Waals surface area contributed by atoms with Crippen LogP contribution in [0.5, 0.6) is 0 Å². The first-order valence-corrected chi connectivity index (χ1v) is 10.2. The molecule has 1 N–H and O–H groups in total. The third kappa shape index (κ3) is 3.45. The highest BCUT2D eigenvalue weighted by Crippen LogP contribution is 2.20. The van der Waals surface area contributed by atoms with Gasteiger partial charge in [0.05, 0.1) is 12.0 Å². The zero-order valence-corrected chi connectivity index (χ0v) is 13.0. The second kappa shape index (κ2) is 5.88. The molecule has 104 valence electrons. The van der Waals surface area contributed by atoms with E-state index < -0.39 is 8.07 Å². The van der Waals surface area contributed by atoms with E-state index in [9.17, 15) is 4.79 Å². The summed E-state index contributed by atoms with van der Waals surface area (Å²) >= 11 is 0. The molecular weight excluding hydrogens is 254 g/mol. The Hall–Kier alpha value is -1.13. The van der Waals surface area contributed by atoms with E-state index in [1.165, 1.54) is 5.19 Å². The Bertz CT molecular complexity index is 433. The van der Waals surface area contributed by atoms with Crippen LogP contribution in [0.3, 0.4) is 0 Å². The van der Waals surface area contributed by atoms with Crippen LogP contribution in [-0.4, -0.2) is 32.9 Å². The largest absolute Gasteiger partial charge is 0.378 e. The van der Waals surface area contributed by atoms with Gasteiger partial charge in [0.1, 0.15) is 8.07 Å². The van der Waals surface area contributed by atoms with Crippen LogP contribution in [0.4, 0.5) is 0 Å². The standard InChI is InChI=1S/C15H23NO2Si/c1-12-14(9-10-18-12)15(17)16-11-19(2,3)13-7-5-4-6-8-13/h4-8,12,14H,9-11H2,1-3H3,(H,16,17)/t12-,14-/m0/s1. The minimum Gasteiger partial charge on any atom is -0.378 e. The molecule has 0 spiro atoms. The van der Waals surface area contributed by atoms with Crippen LogP contribution >= 0.6 is 0 Å². The van der Waals surface area contributed by atoms with Gasteiger partial charge in [0.15, 0.2) is 0 Å². The Labute approximate surface area is 116 Å². The molecule has 0 radical (unpaired) electrons. The molecule has 3 nitrogen and oxygen atoms in total. The van der Waals surface area contributed by atoms with Gasteiger partial charge in [-0.05, 0) is 13.3 Å². The van der Waals surface area contributed by atoms with Crippen molar-refractivity contribution in [3.8, 4) is 0 Å². The average molecular weight is 277 g/mol. The molecule has 1 aromatic carbocycles. The predicted molar refractivity (Wildman–Crippen MR) is 80.1 cm³/mol. The lowest BCUT2D eigenvalue weighted by Gasteiger charge is -2.24. The smallest absolute Gasteiger partial charge is 0.225 e. The van der Waals surface area contributed by atoms with E-state index in [0.29, 0.717) is 6.61 Å². The summed E-state index contributed by atoms with van der Waals surface area (Å²) in [5.74, 6) is 0.182. The molecule has 1 aliphatic heterocycles. The number of carbonyl (C=O) groups is 1. The molecule has 1 amide bonds. The fourth-order valence-electron chi connectivity index (χ4n) is 2.51. The molecule has 0 aromatic heterocycles. The zero-order chi connectivity index (χ0) is 13.9. The Morgan fingerprint density at radius 1 is 1.37 bits per heavy atom. The van der Waals surface area contributed by atoms with Crippen LogP contribution in [-0.2, 0) is 9.53 Å². The Balaban J connectivity index is 1.93. The second-order valence-corrected chi connectivity index (χ2v) is 10.6. The SMILES string of the molecule is C[C@@H]1OCC[C@@H]1C(=O)NC[Si](C)(C)c1ccccc1. The van der Waals surface area contributed by atoms with Gasteiger partial charge < -0.3 is 10.1 Å². The maximum Gasteiger partial charge on any atom is 0.225 e. The Morgan fingerprint density at radius 2 is 2.05 bits per heavy atom. The number of benzene rings is 1. The molecule has 1 aromatic rings. The summed E-state index contributed by atoms with van der Waals surface area (Å²) < 4.78 is 5.45. The molecule has 1 fully saturated rings. The minimum atomic E-state index is -1.59. The zero-order valence-electron chi connectivity index (χ0n) is 12.0. The van der Waals surface area contributed by atoms with Gasteiger partial charge in [-0.3, -0.25) is 4.79 Å². The number of hydrogen-bond acceptors (Lipinski definition) is 2. The number of ether oxygens (including phenoxy) is 1. The molecule has 2 rings (SSSR count). The van der Waals surface area contributed by atoms with Crippen molar-refractivity contribution in [2.75, 3.05) is 12.8 Å². The van der Waals surface area contributed by atoms with Crippen molar-refractivity contribution in [2.45, 2.75) is 32.5 Å². The first kappa shape index (κ1) is 14.3. The van der Waals surface area contributed by atoms with Gasteiger partial charge in [-0.1, -0.05) is 48.6 Å². The minimum absolute atomic E-state index is 0.0283. The maximum atomic E-state index is 12.2. The van der Waals surface area contributed by atoms with E-state index >= 15 is 0 Å². The lowest BCUT2D eigenvalue weighted by molar-refractivity contribution is -0.126. The van der Waals surface area contributed by atoms with Gasteiger partial charge >= 0.3 is 0 Å². The van der Waals surface area contributed by atoms with Crippen LogP contribution in [0.1, 0.15) is 13.3 Å². The molecule has 0 bridgehead atoms. The van der Waals surface area contributed by atoms with Crippen molar-refractivity contribution in [1.82, 2.24) is 5.32 Å². The van der Waals surface area contributed by atoms with Crippen LogP contribution in [0, 0.1) is 5.92 Å². The Kier molecular flexibility index (Phi) is 4.42.